The van der Waals surface area contributed by atoms with Crippen molar-refractivity contribution < 1.29 is 0 Å². The summed E-state index contributed by atoms with van der Waals surface area (Å²) in [5.74, 6) is 0. The first-order chi connectivity index (χ1) is 6.09. The van der Waals surface area contributed by atoms with E-state index < -0.39 is 0 Å². The topological polar surface area (TPSA) is 15.3 Å². The highest BCUT2D eigenvalue weighted by molar-refractivity contribution is 4.92. The van der Waals surface area contributed by atoms with Gasteiger partial charge in [0.2, 0.25) is 0 Å². The van der Waals surface area contributed by atoms with Gasteiger partial charge in [-0.05, 0) is 33.7 Å². The van der Waals surface area contributed by atoms with Crippen LogP contribution in [-0.4, -0.2) is 37.1 Å². The van der Waals surface area contributed by atoms with E-state index in [1.807, 2.05) is 0 Å². The number of nitrogens with one attached hydrogen (secondary N) is 1. The van der Waals surface area contributed by atoms with E-state index in [0.29, 0.717) is 6.04 Å². The van der Waals surface area contributed by atoms with Crippen LogP contribution in [0.5, 0.6) is 0 Å². The van der Waals surface area contributed by atoms with Gasteiger partial charge in [0, 0.05) is 25.2 Å². The molecule has 0 radical (unpaired) electrons. The van der Waals surface area contributed by atoms with Crippen molar-refractivity contribution in [1.29, 1.82) is 0 Å². The van der Waals surface area contributed by atoms with Gasteiger partial charge in [-0.1, -0.05) is 12.2 Å². The highest BCUT2D eigenvalue weighted by Crippen LogP contribution is 2.18. The van der Waals surface area contributed by atoms with Gasteiger partial charge in [0.1, 0.15) is 0 Å². The third-order valence-corrected chi connectivity index (χ3v) is 2.55. The summed E-state index contributed by atoms with van der Waals surface area (Å²) in [5.41, 5.74) is 1.24. The molecule has 0 aromatic rings. The summed E-state index contributed by atoms with van der Waals surface area (Å²) in [7, 11) is 2.16. The standard InChI is InChI=1S/C11H22N2/c1-9(2)8-13(4)10(3)7-12-11-5-6-11/h10-12H,1,5-8H2,2-4H3. The summed E-state index contributed by atoms with van der Waals surface area (Å²) in [4.78, 5) is 2.34. The molecule has 0 amide bonds. The molecule has 0 heterocycles. The lowest BCUT2D eigenvalue weighted by atomic mass is 10.2. The molecule has 0 aliphatic heterocycles. The molecule has 1 aliphatic rings. The Morgan fingerprint density at radius 2 is 2.23 bits per heavy atom. The SMILES string of the molecule is C=C(C)CN(C)C(C)CNC1CC1. The van der Waals surface area contributed by atoms with Crippen molar-refractivity contribution >= 4 is 0 Å². The molecule has 1 rings (SSSR count). The van der Waals surface area contributed by atoms with Gasteiger partial charge in [0.05, 0.1) is 0 Å². The molecule has 2 heteroatoms. The molecule has 0 aromatic carbocycles. The first kappa shape index (κ1) is 10.7. The van der Waals surface area contributed by atoms with Crippen LogP contribution in [0.25, 0.3) is 0 Å². The molecule has 1 unspecified atom stereocenters. The van der Waals surface area contributed by atoms with E-state index in [-0.39, 0.29) is 0 Å². The summed E-state index contributed by atoms with van der Waals surface area (Å²) >= 11 is 0. The lowest BCUT2D eigenvalue weighted by Crippen LogP contribution is -2.39. The highest BCUT2D eigenvalue weighted by Gasteiger charge is 2.21. The molecule has 0 saturated heterocycles. The third-order valence-electron chi connectivity index (χ3n) is 2.55. The van der Waals surface area contributed by atoms with Crippen LogP contribution in [0.4, 0.5) is 0 Å². The number of hydrogen-bond acceptors (Lipinski definition) is 2. The molecule has 1 aliphatic carbocycles. The molecule has 0 spiro atoms. The van der Waals surface area contributed by atoms with Crippen LogP contribution >= 0.6 is 0 Å². The van der Waals surface area contributed by atoms with Crippen molar-refractivity contribution in [2.24, 2.45) is 0 Å². The number of likely N-dealkylation sites (N-methyl/N-ethyl adjacent to an activating group) is 1. The van der Waals surface area contributed by atoms with Crippen LogP contribution in [-0.2, 0) is 0 Å². The van der Waals surface area contributed by atoms with Gasteiger partial charge in [-0.2, -0.15) is 0 Å². The van der Waals surface area contributed by atoms with E-state index in [1.54, 1.807) is 0 Å². The van der Waals surface area contributed by atoms with Gasteiger partial charge in [0.15, 0.2) is 0 Å². The van der Waals surface area contributed by atoms with Crippen molar-refractivity contribution in [1.82, 2.24) is 10.2 Å². The van der Waals surface area contributed by atoms with E-state index in [0.717, 1.165) is 19.1 Å². The number of hydrogen-bond donors (Lipinski definition) is 1. The molecule has 1 atom stereocenters. The lowest BCUT2D eigenvalue weighted by Gasteiger charge is -2.25. The minimum atomic E-state index is 0.609. The fourth-order valence-electron chi connectivity index (χ4n) is 1.36. The lowest BCUT2D eigenvalue weighted by molar-refractivity contribution is 0.270. The van der Waals surface area contributed by atoms with Crippen LogP contribution in [0, 0.1) is 0 Å². The van der Waals surface area contributed by atoms with Gasteiger partial charge in [-0.15, -0.1) is 0 Å². The minimum Gasteiger partial charge on any atom is -0.312 e. The second-order valence-electron chi connectivity index (χ2n) is 4.40. The van der Waals surface area contributed by atoms with Crippen molar-refractivity contribution in [3.05, 3.63) is 12.2 Å². The maximum Gasteiger partial charge on any atom is 0.0192 e. The average molecular weight is 182 g/mol. The van der Waals surface area contributed by atoms with Gasteiger partial charge < -0.3 is 5.32 Å². The first-order valence-electron chi connectivity index (χ1n) is 5.17. The highest BCUT2D eigenvalue weighted by atomic mass is 15.1. The van der Waals surface area contributed by atoms with Crippen molar-refractivity contribution in [2.45, 2.75) is 38.8 Å². The summed E-state index contributed by atoms with van der Waals surface area (Å²) in [6.07, 6.45) is 2.74. The second-order valence-corrected chi connectivity index (χ2v) is 4.40. The molecule has 13 heavy (non-hydrogen) atoms. The Morgan fingerprint density at radius 1 is 1.62 bits per heavy atom. The Bertz CT molecular complexity index is 173. The molecule has 1 saturated carbocycles. The molecular formula is C11H22N2. The molecule has 76 valence electrons. The Kier molecular flexibility index (Phi) is 3.94. The van der Waals surface area contributed by atoms with Gasteiger partial charge >= 0.3 is 0 Å². The predicted molar refractivity (Wildman–Crippen MR) is 57.9 cm³/mol. The Balaban J connectivity index is 2.11. The van der Waals surface area contributed by atoms with Crippen LogP contribution < -0.4 is 5.32 Å². The molecule has 0 bridgehead atoms. The molecule has 1 N–H and O–H groups in total. The zero-order chi connectivity index (χ0) is 9.84. The fourth-order valence-corrected chi connectivity index (χ4v) is 1.36. The molecule has 2 nitrogen and oxygen atoms in total. The summed E-state index contributed by atoms with van der Waals surface area (Å²) < 4.78 is 0. The van der Waals surface area contributed by atoms with Crippen LogP contribution in [0.3, 0.4) is 0 Å². The molecule has 0 aromatic heterocycles. The summed E-state index contributed by atoms with van der Waals surface area (Å²) in [6.45, 7) is 10.4. The summed E-state index contributed by atoms with van der Waals surface area (Å²) in [6, 6.07) is 1.43. The van der Waals surface area contributed by atoms with Crippen LogP contribution in [0.15, 0.2) is 12.2 Å². The van der Waals surface area contributed by atoms with Crippen molar-refractivity contribution in [2.75, 3.05) is 20.1 Å². The zero-order valence-electron chi connectivity index (χ0n) is 9.14. The van der Waals surface area contributed by atoms with E-state index >= 15 is 0 Å². The quantitative estimate of drug-likeness (QED) is 0.628. The van der Waals surface area contributed by atoms with E-state index in [4.69, 9.17) is 0 Å². The normalized spacial score (nSPS) is 19.1. The largest absolute Gasteiger partial charge is 0.312 e. The van der Waals surface area contributed by atoms with Crippen molar-refractivity contribution in [3.8, 4) is 0 Å². The smallest absolute Gasteiger partial charge is 0.0192 e. The zero-order valence-corrected chi connectivity index (χ0v) is 9.14. The van der Waals surface area contributed by atoms with Crippen LogP contribution in [0.1, 0.15) is 26.7 Å². The number of rotatable bonds is 6. The maximum atomic E-state index is 3.92. The Labute approximate surface area is 82.0 Å². The van der Waals surface area contributed by atoms with Crippen LogP contribution in [0.2, 0.25) is 0 Å². The van der Waals surface area contributed by atoms with Gasteiger partial charge in [-0.25, -0.2) is 0 Å². The van der Waals surface area contributed by atoms with E-state index in [9.17, 15) is 0 Å². The monoisotopic (exact) mass is 182 g/mol. The van der Waals surface area contributed by atoms with Gasteiger partial charge in [0.25, 0.3) is 0 Å². The third kappa shape index (κ3) is 4.44. The van der Waals surface area contributed by atoms with E-state index in [2.05, 4.69) is 37.7 Å². The second kappa shape index (κ2) is 4.77. The van der Waals surface area contributed by atoms with Crippen molar-refractivity contribution in [3.63, 3.8) is 0 Å². The Hall–Kier alpha value is -0.340. The first-order valence-corrected chi connectivity index (χ1v) is 5.17. The average Bonchev–Trinajstić information content (AvgIpc) is 2.81. The number of nitrogens with zero attached hydrogens (tertiary/aromatic N) is 1. The maximum absolute atomic E-state index is 3.92. The molecular weight excluding hydrogens is 160 g/mol. The van der Waals surface area contributed by atoms with Gasteiger partial charge in [-0.3, -0.25) is 4.90 Å². The Morgan fingerprint density at radius 3 is 2.69 bits per heavy atom. The fraction of sp³-hybridized carbons (Fsp3) is 0.818. The van der Waals surface area contributed by atoms with E-state index in [1.165, 1.54) is 18.4 Å². The molecule has 1 fully saturated rings. The summed E-state index contributed by atoms with van der Waals surface area (Å²) in [5, 5.41) is 3.54. The minimum absolute atomic E-state index is 0.609. The predicted octanol–water partition coefficient (Wildman–Crippen LogP) is 1.63.